The zero-order chi connectivity index (χ0) is 16.0. The van der Waals surface area contributed by atoms with Crippen LogP contribution in [0.3, 0.4) is 0 Å². The molecule has 0 fully saturated rings. The average molecular weight is 334 g/mol. The van der Waals surface area contributed by atoms with Crippen LogP contribution in [-0.4, -0.2) is 18.2 Å². The number of carbonyl (C=O) groups is 1. The largest absolute Gasteiger partial charge is 0.444 e. The van der Waals surface area contributed by atoms with Crippen molar-refractivity contribution in [1.82, 2.24) is 5.32 Å². The fourth-order valence-electron chi connectivity index (χ4n) is 1.46. The second-order valence-corrected chi connectivity index (χ2v) is 6.23. The van der Waals surface area contributed by atoms with Gasteiger partial charge in [-0.1, -0.05) is 35.4 Å². The van der Waals surface area contributed by atoms with E-state index >= 15 is 0 Å². The summed E-state index contributed by atoms with van der Waals surface area (Å²) in [6, 6.07) is 2.97. The number of carbonyl (C=O) groups excluding carboxylic acids is 1. The molecule has 0 aliphatic heterocycles. The van der Waals surface area contributed by atoms with Gasteiger partial charge < -0.3 is 10.1 Å². The monoisotopic (exact) mass is 333 g/mol. The molecule has 0 saturated carbocycles. The van der Waals surface area contributed by atoms with E-state index in [1.807, 2.05) is 6.08 Å². The van der Waals surface area contributed by atoms with Gasteiger partial charge in [-0.25, -0.2) is 9.18 Å². The number of hydrogen-bond acceptors (Lipinski definition) is 2. The van der Waals surface area contributed by atoms with Crippen molar-refractivity contribution in [3.63, 3.8) is 0 Å². The van der Waals surface area contributed by atoms with Crippen LogP contribution in [0.5, 0.6) is 0 Å². The SMILES string of the molecule is CC(C)(C)OC(=O)NCCC=Cc1cc(Cl)c(F)c(Cl)c1. The predicted molar refractivity (Wildman–Crippen MR) is 84.3 cm³/mol. The maximum absolute atomic E-state index is 13.2. The van der Waals surface area contributed by atoms with Gasteiger partial charge in [-0.15, -0.1) is 0 Å². The lowest BCUT2D eigenvalue weighted by atomic mass is 10.2. The first kappa shape index (κ1) is 17.8. The molecule has 0 bridgehead atoms. The van der Waals surface area contributed by atoms with Crippen molar-refractivity contribution in [3.8, 4) is 0 Å². The number of amides is 1. The Morgan fingerprint density at radius 3 is 2.43 bits per heavy atom. The summed E-state index contributed by atoms with van der Waals surface area (Å²) in [5.74, 6) is -0.623. The summed E-state index contributed by atoms with van der Waals surface area (Å²) in [6.45, 7) is 5.84. The number of ether oxygens (including phenoxy) is 1. The van der Waals surface area contributed by atoms with Crippen molar-refractivity contribution >= 4 is 35.4 Å². The number of nitrogens with one attached hydrogen (secondary N) is 1. The molecule has 0 unspecified atom stereocenters. The minimum Gasteiger partial charge on any atom is -0.444 e. The number of halogens is 3. The summed E-state index contributed by atoms with van der Waals surface area (Å²) in [6.07, 6.45) is 3.74. The number of benzene rings is 1. The molecule has 0 aliphatic rings. The highest BCUT2D eigenvalue weighted by molar-refractivity contribution is 6.35. The summed E-state index contributed by atoms with van der Waals surface area (Å²) < 4.78 is 18.3. The Hall–Kier alpha value is -1.26. The number of hydrogen-bond donors (Lipinski definition) is 1. The van der Waals surface area contributed by atoms with Crippen molar-refractivity contribution < 1.29 is 13.9 Å². The van der Waals surface area contributed by atoms with Crippen LogP contribution in [0.4, 0.5) is 9.18 Å². The zero-order valence-corrected chi connectivity index (χ0v) is 13.7. The van der Waals surface area contributed by atoms with E-state index in [0.717, 1.165) is 0 Å². The van der Waals surface area contributed by atoms with Crippen molar-refractivity contribution in [1.29, 1.82) is 0 Å². The van der Waals surface area contributed by atoms with E-state index in [0.29, 0.717) is 18.5 Å². The Bertz CT molecular complexity index is 516. The van der Waals surface area contributed by atoms with E-state index in [4.69, 9.17) is 27.9 Å². The van der Waals surface area contributed by atoms with Crippen molar-refractivity contribution in [3.05, 3.63) is 39.6 Å². The number of alkyl carbamates (subject to hydrolysis) is 1. The molecule has 3 nitrogen and oxygen atoms in total. The Kier molecular flexibility index (Phi) is 6.49. The summed E-state index contributed by atoms with van der Waals surface area (Å²) in [5, 5.41) is 2.59. The van der Waals surface area contributed by atoms with E-state index in [1.165, 1.54) is 12.1 Å². The number of rotatable bonds is 4. The molecule has 1 N–H and O–H groups in total. The summed E-state index contributed by atoms with van der Waals surface area (Å²) >= 11 is 11.4. The highest BCUT2D eigenvalue weighted by Crippen LogP contribution is 2.25. The second-order valence-electron chi connectivity index (χ2n) is 5.42. The van der Waals surface area contributed by atoms with Gasteiger partial charge in [-0.2, -0.15) is 0 Å². The highest BCUT2D eigenvalue weighted by atomic mass is 35.5. The zero-order valence-electron chi connectivity index (χ0n) is 12.2. The molecule has 0 heterocycles. The van der Waals surface area contributed by atoms with Gasteiger partial charge in [-0.3, -0.25) is 0 Å². The van der Waals surface area contributed by atoms with Gasteiger partial charge in [0.05, 0.1) is 10.0 Å². The predicted octanol–water partition coefficient (Wildman–Crippen LogP) is 5.06. The van der Waals surface area contributed by atoms with Crippen LogP contribution in [0.25, 0.3) is 6.08 Å². The molecular weight excluding hydrogens is 316 g/mol. The average Bonchev–Trinajstić information content (AvgIpc) is 2.33. The molecule has 0 radical (unpaired) electrons. The summed E-state index contributed by atoms with van der Waals surface area (Å²) in [7, 11) is 0. The third kappa shape index (κ3) is 6.82. The fraction of sp³-hybridized carbons (Fsp3) is 0.400. The Labute approximate surface area is 134 Å². The third-order valence-electron chi connectivity index (χ3n) is 2.30. The molecule has 0 aromatic heterocycles. The van der Waals surface area contributed by atoms with E-state index in [1.54, 1.807) is 26.8 Å². The first-order valence-corrected chi connectivity index (χ1v) is 7.22. The minimum atomic E-state index is -0.623. The van der Waals surface area contributed by atoms with Crippen molar-refractivity contribution in [2.45, 2.75) is 32.8 Å². The van der Waals surface area contributed by atoms with Crippen LogP contribution < -0.4 is 5.32 Å². The maximum Gasteiger partial charge on any atom is 0.407 e. The van der Waals surface area contributed by atoms with Gasteiger partial charge in [0.15, 0.2) is 5.82 Å². The van der Waals surface area contributed by atoms with Gasteiger partial charge in [-0.05, 0) is 44.9 Å². The smallest absolute Gasteiger partial charge is 0.407 e. The standard InChI is InChI=1S/C15H18Cl2FNO2/c1-15(2,3)21-14(20)19-7-5-4-6-10-8-11(16)13(18)12(17)9-10/h4,6,8-9H,5,7H2,1-3H3,(H,19,20). The van der Waals surface area contributed by atoms with Crippen LogP contribution in [0.2, 0.25) is 10.0 Å². The lowest BCUT2D eigenvalue weighted by molar-refractivity contribution is 0.0529. The minimum absolute atomic E-state index is 0.0194. The van der Waals surface area contributed by atoms with E-state index in [-0.39, 0.29) is 10.0 Å². The molecule has 1 rings (SSSR count). The Balaban J connectivity index is 2.41. The Morgan fingerprint density at radius 2 is 1.90 bits per heavy atom. The molecule has 0 spiro atoms. The van der Waals surface area contributed by atoms with Crippen molar-refractivity contribution in [2.75, 3.05) is 6.54 Å². The first-order valence-electron chi connectivity index (χ1n) is 6.47. The highest BCUT2D eigenvalue weighted by Gasteiger charge is 2.15. The fourth-order valence-corrected chi connectivity index (χ4v) is 1.97. The molecule has 0 saturated heterocycles. The normalized spacial score (nSPS) is 11.7. The Morgan fingerprint density at radius 1 is 1.33 bits per heavy atom. The molecule has 21 heavy (non-hydrogen) atoms. The molecule has 0 aliphatic carbocycles. The van der Waals surface area contributed by atoms with Gasteiger partial charge in [0.1, 0.15) is 5.60 Å². The van der Waals surface area contributed by atoms with Crippen LogP contribution in [0, 0.1) is 5.82 Å². The van der Waals surface area contributed by atoms with Crippen LogP contribution in [0.1, 0.15) is 32.8 Å². The maximum atomic E-state index is 13.2. The van der Waals surface area contributed by atoms with Crippen LogP contribution in [-0.2, 0) is 4.74 Å². The first-order chi connectivity index (χ1) is 9.69. The molecule has 1 aromatic rings. The van der Waals surface area contributed by atoms with Crippen LogP contribution in [0.15, 0.2) is 18.2 Å². The summed E-state index contributed by atoms with van der Waals surface area (Å²) in [5.41, 5.74) is 0.185. The summed E-state index contributed by atoms with van der Waals surface area (Å²) in [4.78, 5) is 11.4. The second kappa shape index (κ2) is 7.66. The van der Waals surface area contributed by atoms with Gasteiger partial charge in [0.25, 0.3) is 0 Å². The topological polar surface area (TPSA) is 38.3 Å². The van der Waals surface area contributed by atoms with Gasteiger partial charge in [0, 0.05) is 6.54 Å². The van der Waals surface area contributed by atoms with E-state index < -0.39 is 17.5 Å². The van der Waals surface area contributed by atoms with E-state index in [9.17, 15) is 9.18 Å². The molecule has 1 amide bonds. The van der Waals surface area contributed by atoms with Gasteiger partial charge >= 0.3 is 6.09 Å². The molecule has 116 valence electrons. The van der Waals surface area contributed by atoms with Crippen LogP contribution >= 0.6 is 23.2 Å². The van der Waals surface area contributed by atoms with E-state index in [2.05, 4.69) is 5.32 Å². The molecule has 1 aromatic carbocycles. The quantitative estimate of drug-likeness (QED) is 0.617. The molecular formula is C15H18Cl2FNO2. The van der Waals surface area contributed by atoms with Gasteiger partial charge in [0.2, 0.25) is 0 Å². The molecule has 0 atom stereocenters. The third-order valence-corrected chi connectivity index (χ3v) is 2.85. The molecule has 6 heteroatoms. The lowest BCUT2D eigenvalue weighted by Gasteiger charge is -2.19. The van der Waals surface area contributed by atoms with Crippen molar-refractivity contribution in [2.24, 2.45) is 0 Å². The lowest BCUT2D eigenvalue weighted by Crippen LogP contribution is -2.32.